The Kier molecular flexibility index (Phi) is 3.21. The van der Waals surface area contributed by atoms with Crippen LogP contribution in [-0.4, -0.2) is 30.2 Å². The second kappa shape index (κ2) is 4.08. The summed E-state index contributed by atoms with van der Waals surface area (Å²) in [6.07, 6.45) is -0.560. The van der Waals surface area contributed by atoms with E-state index in [0.717, 1.165) is 0 Å². The zero-order chi connectivity index (χ0) is 11.6. The zero-order valence-corrected chi connectivity index (χ0v) is 9.66. The highest BCUT2D eigenvalue weighted by Gasteiger charge is 2.32. The van der Waals surface area contributed by atoms with Crippen molar-refractivity contribution >= 4 is 12.0 Å². The summed E-state index contributed by atoms with van der Waals surface area (Å²) < 4.78 is 4.68. The van der Waals surface area contributed by atoms with Crippen molar-refractivity contribution in [1.82, 2.24) is 10.4 Å². The van der Waals surface area contributed by atoms with Crippen LogP contribution in [0.4, 0.5) is 4.79 Å². The summed E-state index contributed by atoms with van der Waals surface area (Å²) in [4.78, 5) is 22.9. The van der Waals surface area contributed by atoms with Crippen molar-refractivity contribution in [2.75, 3.05) is 13.2 Å². The number of rotatable bonds is 1. The molecule has 15 heavy (non-hydrogen) atoms. The van der Waals surface area contributed by atoms with Crippen LogP contribution < -0.4 is 5.43 Å². The molecule has 1 aliphatic heterocycles. The van der Waals surface area contributed by atoms with Crippen LogP contribution in [0.2, 0.25) is 0 Å². The van der Waals surface area contributed by atoms with E-state index in [2.05, 4.69) is 10.2 Å². The molecule has 0 radical (unpaired) electrons. The Morgan fingerprint density at radius 1 is 1.53 bits per heavy atom. The number of hydrogen-bond donors (Lipinski definition) is 1. The molecule has 2 amide bonds. The van der Waals surface area contributed by atoms with Gasteiger partial charge in [0, 0.05) is 5.92 Å². The lowest BCUT2D eigenvalue weighted by atomic mass is 9.81. The minimum absolute atomic E-state index is 0.0702. The maximum Gasteiger partial charge on any atom is 0.426 e. The van der Waals surface area contributed by atoms with Crippen molar-refractivity contribution in [2.45, 2.75) is 27.7 Å². The number of hydrogen-bond acceptors (Lipinski definition) is 3. The summed E-state index contributed by atoms with van der Waals surface area (Å²) >= 11 is 0. The number of ether oxygens (including phenoxy) is 1. The SMILES string of the molecule is CC(C(=O)N1CCOC(=O)N1)C(C)(C)C. The number of carbonyl (C=O) groups is 2. The Labute approximate surface area is 89.7 Å². The fourth-order valence-corrected chi connectivity index (χ4v) is 1.20. The standard InChI is InChI=1S/C10H18N2O3/c1-7(10(2,3)4)8(13)12-5-6-15-9(14)11-12/h7H,5-6H2,1-4H3,(H,11,14). The van der Waals surface area contributed by atoms with Gasteiger partial charge in [-0.3, -0.25) is 4.79 Å². The second-order valence-corrected chi connectivity index (χ2v) is 4.83. The van der Waals surface area contributed by atoms with Crippen LogP contribution in [-0.2, 0) is 9.53 Å². The molecule has 1 rings (SSSR count). The van der Waals surface area contributed by atoms with E-state index in [4.69, 9.17) is 0 Å². The predicted octanol–water partition coefficient (Wildman–Crippen LogP) is 1.15. The van der Waals surface area contributed by atoms with Crippen molar-refractivity contribution in [2.24, 2.45) is 11.3 Å². The monoisotopic (exact) mass is 214 g/mol. The van der Waals surface area contributed by atoms with Crippen LogP contribution in [0.1, 0.15) is 27.7 Å². The van der Waals surface area contributed by atoms with Crippen molar-refractivity contribution in [3.05, 3.63) is 0 Å². The van der Waals surface area contributed by atoms with Crippen LogP contribution in [0.15, 0.2) is 0 Å². The minimum Gasteiger partial charge on any atom is -0.446 e. The number of carbonyl (C=O) groups excluding carboxylic acids is 2. The topological polar surface area (TPSA) is 58.6 Å². The van der Waals surface area contributed by atoms with Gasteiger partial charge in [-0.2, -0.15) is 0 Å². The van der Waals surface area contributed by atoms with Crippen molar-refractivity contribution in [3.8, 4) is 0 Å². The predicted molar refractivity (Wildman–Crippen MR) is 54.8 cm³/mol. The molecule has 0 aliphatic carbocycles. The first-order valence-electron chi connectivity index (χ1n) is 5.07. The Morgan fingerprint density at radius 3 is 2.60 bits per heavy atom. The van der Waals surface area contributed by atoms with Crippen LogP contribution in [0.3, 0.4) is 0 Å². The van der Waals surface area contributed by atoms with Gasteiger partial charge in [0.05, 0.1) is 6.54 Å². The quantitative estimate of drug-likeness (QED) is 0.712. The molecule has 0 bridgehead atoms. The Hall–Kier alpha value is -1.26. The maximum atomic E-state index is 11.9. The third kappa shape index (κ3) is 2.84. The van der Waals surface area contributed by atoms with Gasteiger partial charge in [0.15, 0.2) is 0 Å². The fourth-order valence-electron chi connectivity index (χ4n) is 1.20. The van der Waals surface area contributed by atoms with E-state index < -0.39 is 6.09 Å². The number of cyclic esters (lactones) is 1. The molecular formula is C10H18N2O3. The van der Waals surface area contributed by atoms with Crippen molar-refractivity contribution in [1.29, 1.82) is 0 Å². The van der Waals surface area contributed by atoms with E-state index >= 15 is 0 Å². The normalized spacial score (nSPS) is 19.2. The van der Waals surface area contributed by atoms with Crippen molar-refractivity contribution < 1.29 is 14.3 Å². The molecule has 1 unspecified atom stereocenters. The average Bonchev–Trinajstić information content (AvgIpc) is 2.14. The van der Waals surface area contributed by atoms with E-state index in [1.165, 1.54) is 5.01 Å². The molecule has 86 valence electrons. The first-order chi connectivity index (χ1) is 6.82. The van der Waals surface area contributed by atoms with Gasteiger partial charge in [0.2, 0.25) is 5.91 Å². The second-order valence-electron chi connectivity index (χ2n) is 4.83. The van der Waals surface area contributed by atoms with E-state index in [0.29, 0.717) is 6.54 Å². The fraction of sp³-hybridized carbons (Fsp3) is 0.800. The summed E-state index contributed by atoms with van der Waals surface area (Å²) in [7, 11) is 0. The Bertz CT molecular complexity index is 270. The molecular weight excluding hydrogens is 196 g/mol. The third-order valence-electron chi connectivity index (χ3n) is 2.71. The number of nitrogens with zero attached hydrogens (tertiary/aromatic N) is 1. The molecule has 1 saturated heterocycles. The molecule has 5 heteroatoms. The molecule has 0 aromatic carbocycles. The smallest absolute Gasteiger partial charge is 0.426 e. The maximum absolute atomic E-state index is 11.9. The molecule has 1 fully saturated rings. The average molecular weight is 214 g/mol. The summed E-state index contributed by atoms with van der Waals surface area (Å²) in [5.41, 5.74) is 2.28. The van der Waals surface area contributed by atoms with E-state index in [9.17, 15) is 9.59 Å². The van der Waals surface area contributed by atoms with E-state index in [1.54, 1.807) is 0 Å². The number of hydrazine groups is 1. The molecule has 0 spiro atoms. The Balaban J connectivity index is 2.64. The first-order valence-corrected chi connectivity index (χ1v) is 5.07. The van der Waals surface area contributed by atoms with Crippen LogP contribution >= 0.6 is 0 Å². The molecule has 1 aliphatic rings. The number of nitrogens with one attached hydrogen (secondary N) is 1. The highest BCUT2D eigenvalue weighted by Crippen LogP contribution is 2.26. The molecule has 1 atom stereocenters. The van der Waals surface area contributed by atoms with Crippen LogP contribution in [0, 0.1) is 11.3 Å². The van der Waals surface area contributed by atoms with Gasteiger partial charge in [-0.15, -0.1) is 0 Å². The van der Waals surface area contributed by atoms with Gasteiger partial charge in [-0.1, -0.05) is 27.7 Å². The lowest BCUT2D eigenvalue weighted by Gasteiger charge is -2.33. The van der Waals surface area contributed by atoms with Crippen LogP contribution in [0.5, 0.6) is 0 Å². The van der Waals surface area contributed by atoms with E-state index in [1.807, 2.05) is 27.7 Å². The van der Waals surface area contributed by atoms with Gasteiger partial charge in [0.1, 0.15) is 6.61 Å². The van der Waals surface area contributed by atoms with Gasteiger partial charge in [-0.25, -0.2) is 15.2 Å². The summed E-state index contributed by atoms with van der Waals surface area (Å²) in [5.74, 6) is -0.213. The zero-order valence-electron chi connectivity index (χ0n) is 9.66. The van der Waals surface area contributed by atoms with E-state index in [-0.39, 0.29) is 23.8 Å². The molecule has 0 aromatic rings. The van der Waals surface area contributed by atoms with Gasteiger partial charge >= 0.3 is 6.09 Å². The summed E-state index contributed by atoms with van der Waals surface area (Å²) in [6.45, 7) is 8.52. The third-order valence-corrected chi connectivity index (χ3v) is 2.71. The molecule has 5 nitrogen and oxygen atoms in total. The minimum atomic E-state index is -0.560. The lowest BCUT2D eigenvalue weighted by molar-refractivity contribution is -0.143. The van der Waals surface area contributed by atoms with Crippen molar-refractivity contribution in [3.63, 3.8) is 0 Å². The lowest BCUT2D eigenvalue weighted by Crippen LogP contribution is -2.55. The first kappa shape index (κ1) is 11.8. The highest BCUT2D eigenvalue weighted by atomic mass is 16.6. The van der Waals surface area contributed by atoms with Crippen LogP contribution in [0.25, 0.3) is 0 Å². The van der Waals surface area contributed by atoms with Gasteiger partial charge in [-0.05, 0) is 5.41 Å². The molecule has 0 saturated carbocycles. The summed E-state index contributed by atoms with van der Waals surface area (Å²) in [6, 6.07) is 0. The van der Waals surface area contributed by atoms with Gasteiger partial charge < -0.3 is 4.74 Å². The molecule has 0 aromatic heterocycles. The van der Waals surface area contributed by atoms with Gasteiger partial charge in [0.25, 0.3) is 0 Å². The molecule has 1 heterocycles. The Morgan fingerprint density at radius 2 is 2.13 bits per heavy atom. The highest BCUT2D eigenvalue weighted by molar-refractivity contribution is 5.82. The summed E-state index contributed by atoms with van der Waals surface area (Å²) in [5, 5.41) is 1.34. The largest absolute Gasteiger partial charge is 0.446 e. The number of amides is 2. The molecule has 1 N–H and O–H groups in total.